The molecule has 0 unspecified atom stereocenters. The van der Waals surface area contributed by atoms with Gasteiger partial charge in [0.05, 0.1) is 0 Å². The van der Waals surface area contributed by atoms with Gasteiger partial charge in [-0.2, -0.15) is 0 Å². The molecule has 0 aromatic heterocycles. The summed E-state index contributed by atoms with van der Waals surface area (Å²) in [5.41, 5.74) is 5.24. The van der Waals surface area contributed by atoms with E-state index in [1.54, 1.807) is 0 Å². The normalized spacial score (nSPS) is 49.6. The lowest BCUT2D eigenvalue weighted by Crippen LogP contribution is -2.46. The van der Waals surface area contributed by atoms with E-state index in [1.165, 1.54) is 0 Å². The van der Waals surface area contributed by atoms with Crippen LogP contribution in [0.5, 0.6) is 0 Å². The maximum atomic E-state index is 13.6. The number of nitrogens with two attached hydrogens (primary N) is 1. The Bertz CT molecular complexity index is 142. The molecule has 0 saturated heterocycles. The molecule has 0 aliphatic heterocycles. The molecule has 1 nitrogen and oxygen atoms in total. The van der Waals surface area contributed by atoms with E-state index in [4.69, 9.17) is 5.73 Å². The first-order chi connectivity index (χ1) is 5.18. The van der Waals surface area contributed by atoms with E-state index < -0.39 is 5.67 Å². The molecule has 0 heterocycles. The van der Waals surface area contributed by atoms with Crippen molar-refractivity contribution in [3.05, 3.63) is 0 Å². The third-order valence-corrected chi connectivity index (χ3v) is 3.74. The SMILES string of the molecule is NCC12CCC(F)(CC1)CC2. The Kier molecular flexibility index (Phi) is 1.50. The molecule has 3 aliphatic rings. The summed E-state index contributed by atoms with van der Waals surface area (Å²) in [5, 5.41) is 0. The summed E-state index contributed by atoms with van der Waals surface area (Å²) >= 11 is 0. The van der Waals surface area contributed by atoms with E-state index in [0.29, 0.717) is 5.41 Å². The summed E-state index contributed by atoms with van der Waals surface area (Å²) in [6.45, 7) is 0.767. The van der Waals surface area contributed by atoms with Crippen LogP contribution in [0.15, 0.2) is 0 Å². The molecule has 3 fully saturated rings. The predicted octanol–water partition coefficient (Wildman–Crippen LogP) is 2.01. The molecular weight excluding hydrogens is 141 g/mol. The Labute approximate surface area is 67.2 Å². The van der Waals surface area contributed by atoms with Crippen molar-refractivity contribution >= 4 is 0 Å². The second-order valence-corrected chi connectivity index (χ2v) is 4.36. The minimum atomic E-state index is -0.795. The number of halogens is 1. The van der Waals surface area contributed by atoms with Crippen LogP contribution in [0.3, 0.4) is 0 Å². The van der Waals surface area contributed by atoms with Crippen molar-refractivity contribution in [1.29, 1.82) is 0 Å². The molecule has 2 N–H and O–H groups in total. The number of alkyl halides is 1. The lowest BCUT2D eigenvalue weighted by Gasteiger charge is -2.49. The maximum absolute atomic E-state index is 13.6. The van der Waals surface area contributed by atoms with E-state index in [1.807, 2.05) is 0 Å². The van der Waals surface area contributed by atoms with Gasteiger partial charge in [0.1, 0.15) is 5.67 Å². The summed E-state index contributed by atoms with van der Waals surface area (Å²) in [7, 11) is 0. The van der Waals surface area contributed by atoms with E-state index >= 15 is 0 Å². The second-order valence-electron chi connectivity index (χ2n) is 4.36. The van der Waals surface area contributed by atoms with Crippen molar-refractivity contribution in [3.8, 4) is 0 Å². The summed E-state index contributed by atoms with van der Waals surface area (Å²) in [6, 6.07) is 0. The van der Waals surface area contributed by atoms with Gasteiger partial charge in [-0.05, 0) is 50.5 Å². The van der Waals surface area contributed by atoms with Gasteiger partial charge >= 0.3 is 0 Å². The van der Waals surface area contributed by atoms with Crippen LogP contribution < -0.4 is 5.73 Å². The molecule has 11 heavy (non-hydrogen) atoms. The first kappa shape index (κ1) is 7.53. The number of rotatable bonds is 1. The second kappa shape index (κ2) is 2.19. The largest absolute Gasteiger partial charge is 0.330 e. The fourth-order valence-electron chi connectivity index (χ4n) is 2.52. The molecule has 0 aromatic rings. The molecule has 64 valence electrons. The highest BCUT2D eigenvalue weighted by Crippen LogP contribution is 2.53. The van der Waals surface area contributed by atoms with Gasteiger partial charge in [-0.3, -0.25) is 0 Å². The van der Waals surface area contributed by atoms with Crippen LogP contribution in [0.4, 0.5) is 4.39 Å². The van der Waals surface area contributed by atoms with Crippen molar-refractivity contribution in [2.75, 3.05) is 6.54 Å². The van der Waals surface area contributed by atoms with Gasteiger partial charge in [-0.15, -0.1) is 0 Å². The Hall–Kier alpha value is -0.110. The van der Waals surface area contributed by atoms with Crippen LogP contribution in [-0.4, -0.2) is 12.2 Å². The van der Waals surface area contributed by atoms with Crippen molar-refractivity contribution in [2.24, 2.45) is 11.1 Å². The summed E-state index contributed by atoms with van der Waals surface area (Å²) in [4.78, 5) is 0. The predicted molar refractivity (Wildman–Crippen MR) is 43.0 cm³/mol. The van der Waals surface area contributed by atoms with Crippen LogP contribution in [-0.2, 0) is 0 Å². The highest BCUT2D eigenvalue weighted by atomic mass is 19.1. The van der Waals surface area contributed by atoms with Crippen LogP contribution in [0.25, 0.3) is 0 Å². The Morgan fingerprint density at radius 2 is 1.45 bits per heavy atom. The van der Waals surface area contributed by atoms with Crippen molar-refractivity contribution in [1.82, 2.24) is 0 Å². The molecule has 0 spiro atoms. The fraction of sp³-hybridized carbons (Fsp3) is 1.00. The van der Waals surface area contributed by atoms with Gasteiger partial charge < -0.3 is 5.73 Å². The lowest BCUT2D eigenvalue weighted by atomic mass is 9.59. The Balaban J connectivity index is 2.12. The molecule has 2 bridgehead atoms. The van der Waals surface area contributed by atoms with Crippen LogP contribution >= 0.6 is 0 Å². The third-order valence-electron chi connectivity index (χ3n) is 3.74. The monoisotopic (exact) mass is 157 g/mol. The molecule has 0 amide bonds. The van der Waals surface area contributed by atoms with E-state index in [-0.39, 0.29) is 0 Å². The van der Waals surface area contributed by atoms with Gasteiger partial charge in [0.15, 0.2) is 0 Å². The molecule has 3 rings (SSSR count). The van der Waals surface area contributed by atoms with Gasteiger partial charge in [0, 0.05) is 0 Å². The smallest absolute Gasteiger partial charge is 0.111 e. The van der Waals surface area contributed by atoms with Crippen molar-refractivity contribution in [3.63, 3.8) is 0 Å². The molecule has 0 aromatic carbocycles. The van der Waals surface area contributed by atoms with Crippen LogP contribution in [0.1, 0.15) is 38.5 Å². The maximum Gasteiger partial charge on any atom is 0.111 e. The van der Waals surface area contributed by atoms with Crippen molar-refractivity contribution < 1.29 is 4.39 Å². The average molecular weight is 157 g/mol. The molecule has 3 saturated carbocycles. The average Bonchev–Trinajstić information content (AvgIpc) is 2.07. The zero-order chi connectivity index (χ0) is 7.95. The fourth-order valence-corrected chi connectivity index (χ4v) is 2.52. The summed E-state index contributed by atoms with van der Waals surface area (Å²) in [6.07, 6.45) is 5.39. The van der Waals surface area contributed by atoms with Gasteiger partial charge in [-0.1, -0.05) is 0 Å². The van der Waals surface area contributed by atoms with E-state index in [0.717, 1.165) is 45.1 Å². The third kappa shape index (κ3) is 1.08. The van der Waals surface area contributed by atoms with Crippen LogP contribution in [0, 0.1) is 5.41 Å². The van der Waals surface area contributed by atoms with Gasteiger partial charge in [0.25, 0.3) is 0 Å². The topological polar surface area (TPSA) is 26.0 Å². The zero-order valence-corrected chi connectivity index (χ0v) is 6.91. The Morgan fingerprint density at radius 1 is 1.00 bits per heavy atom. The number of hydrogen-bond donors (Lipinski definition) is 1. The number of fused-ring (bicyclic) bond motifs is 3. The molecule has 0 radical (unpaired) electrons. The Morgan fingerprint density at radius 3 is 1.82 bits per heavy atom. The van der Waals surface area contributed by atoms with Gasteiger partial charge in [0.2, 0.25) is 0 Å². The molecular formula is C9H16FN. The lowest BCUT2D eigenvalue weighted by molar-refractivity contribution is -0.0295. The molecule has 2 heteroatoms. The van der Waals surface area contributed by atoms with Gasteiger partial charge in [-0.25, -0.2) is 4.39 Å². The van der Waals surface area contributed by atoms with E-state index in [9.17, 15) is 4.39 Å². The number of hydrogen-bond acceptors (Lipinski definition) is 1. The zero-order valence-electron chi connectivity index (χ0n) is 6.91. The quantitative estimate of drug-likeness (QED) is 0.619. The first-order valence-corrected chi connectivity index (χ1v) is 4.57. The summed E-state index contributed by atoms with van der Waals surface area (Å²) < 4.78 is 13.6. The minimum absolute atomic E-state index is 0.341. The van der Waals surface area contributed by atoms with Crippen molar-refractivity contribution in [2.45, 2.75) is 44.2 Å². The highest BCUT2D eigenvalue weighted by molar-refractivity contribution is 5.00. The summed E-state index contributed by atoms with van der Waals surface area (Å²) in [5.74, 6) is 0. The molecule has 0 atom stereocenters. The standard InChI is InChI=1S/C9H16FN/c10-9-4-1-8(7-11,2-5-9)3-6-9/h1-7,11H2. The molecule has 3 aliphatic carbocycles. The van der Waals surface area contributed by atoms with E-state index in [2.05, 4.69) is 0 Å². The minimum Gasteiger partial charge on any atom is -0.330 e. The first-order valence-electron chi connectivity index (χ1n) is 4.57. The van der Waals surface area contributed by atoms with Crippen LogP contribution in [0.2, 0.25) is 0 Å². The highest BCUT2D eigenvalue weighted by Gasteiger charge is 2.47.